The summed E-state index contributed by atoms with van der Waals surface area (Å²) in [6.07, 6.45) is 19.8. The van der Waals surface area contributed by atoms with E-state index in [0.717, 1.165) is 43.3 Å². The third kappa shape index (κ3) is 10.0. The lowest BCUT2D eigenvalue weighted by molar-refractivity contribution is -0.116. The average Bonchev–Trinajstić information content (AvgIpc) is 3.26. The number of imidazole rings is 1. The number of amides is 1. The van der Waals surface area contributed by atoms with E-state index < -0.39 is 0 Å². The van der Waals surface area contributed by atoms with Gasteiger partial charge in [-0.2, -0.15) is 0 Å². The Balaban J connectivity index is 1.35. The summed E-state index contributed by atoms with van der Waals surface area (Å²) in [5.74, 6) is 1.19. The Morgan fingerprint density at radius 1 is 0.806 bits per heavy atom. The van der Waals surface area contributed by atoms with Crippen molar-refractivity contribution in [2.45, 2.75) is 96.9 Å². The molecule has 0 spiro atoms. The van der Waals surface area contributed by atoms with Gasteiger partial charge in [0.15, 0.2) is 0 Å². The zero-order valence-electron chi connectivity index (χ0n) is 22.3. The van der Waals surface area contributed by atoms with Crippen molar-refractivity contribution in [3.8, 4) is 0 Å². The van der Waals surface area contributed by atoms with Gasteiger partial charge >= 0.3 is 0 Å². The predicted molar refractivity (Wildman–Crippen MR) is 153 cm³/mol. The second-order valence-corrected chi connectivity index (χ2v) is 9.84. The highest BCUT2D eigenvalue weighted by Crippen LogP contribution is 2.19. The first-order chi connectivity index (χ1) is 17.8. The Hall–Kier alpha value is -2.88. The molecule has 36 heavy (non-hydrogen) atoms. The Kier molecular flexibility index (Phi) is 12.9. The third-order valence-corrected chi connectivity index (χ3v) is 6.82. The molecule has 194 valence electrons. The smallest absolute Gasteiger partial charge is 0.243 e. The van der Waals surface area contributed by atoms with Crippen molar-refractivity contribution in [3.63, 3.8) is 0 Å². The summed E-state index contributed by atoms with van der Waals surface area (Å²) in [6, 6.07) is 18.4. The van der Waals surface area contributed by atoms with E-state index in [9.17, 15) is 4.79 Å². The molecule has 4 heteroatoms. The normalized spacial score (nSPS) is 11.5. The van der Waals surface area contributed by atoms with Crippen LogP contribution in [0.2, 0.25) is 0 Å². The summed E-state index contributed by atoms with van der Waals surface area (Å²) in [5.41, 5.74) is 3.42. The number of carbonyl (C=O) groups is 1. The van der Waals surface area contributed by atoms with Crippen molar-refractivity contribution in [3.05, 3.63) is 72.1 Å². The first kappa shape index (κ1) is 27.7. The van der Waals surface area contributed by atoms with Crippen molar-refractivity contribution in [1.29, 1.82) is 0 Å². The number of carbonyl (C=O) groups excluding carboxylic acids is 1. The molecule has 1 aromatic heterocycles. The highest BCUT2D eigenvalue weighted by Gasteiger charge is 2.10. The van der Waals surface area contributed by atoms with Gasteiger partial charge in [0.25, 0.3) is 0 Å². The lowest BCUT2D eigenvalue weighted by Crippen LogP contribution is -2.22. The molecule has 1 heterocycles. The van der Waals surface area contributed by atoms with Crippen LogP contribution < -0.4 is 5.32 Å². The minimum Gasteiger partial charge on any atom is -0.353 e. The van der Waals surface area contributed by atoms with Crippen LogP contribution in [0.3, 0.4) is 0 Å². The zero-order chi connectivity index (χ0) is 25.3. The highest BCUT2D eigenvalue weighted by molar-refractivity contribution is 5.91. The van der Waals surface area contributed by atoms with Crippen LogP contribution in [0.1, 0.15) is 95.4 Å². The molecule has 0 aliphatic heterocycles. The standard InChI is InChI=1S/C32H45N3O/c1-2-3-4-5-6-7-8-9-18-27-35-30-22-16-15-21-29(30)34-31(35)23-14-11-17-26-33-32(36)25-24-28-19-12-10-13-20-28/h10,12-13,15-16,19-22,24-25H,2-9,11,14,17-18,23,26-27H2,1H3,(H,33,36)/b25-24+. The minimum atomic E-state index is -0.0263. The van der Waals surface area contributed by atoms with Gasteiger partial charge < -0.3 is 9.88 Å². The molecule has 3 rings (SSSR count). The number of unbranched alkanes of at least 4 members (excludes halogenated alkanes) is 10. The molecular formula is C32H45N3O. The SMILES string of the molecule is CCCCCCCCCCCn1c(CCCCCNC(=O)/C=C/c2ccccc2)nc2ccccc21. The molecular weight excluding hydrogens is 442 g/mol. The number of benzene rings is 2. The molecule has 0 unspecified atom stereocenters. The quantitative estimate of drug-likeness (QED) is 0.145. The van der Waals surface area contributed by atoms with Gasteiger partial charge in [-0.25, -0.2) is 4.98 Å². The number of nitrogens with one attached hydrogen (secondary N) is 1. The number of aromatic nitrogens is 2. The number of fused-ring (bicyclic) bond motifs is 1. The molecule has 4 nitrogen and oxygen atoms in total. The molecule has 0 aliphatic rings. The van der Waals surface area contributed by atoms with Gasteiger partial charge in [0.05, 0.1) is 11.0 Å². The highest BCUT2D eigenvalue weighted by atomic mass is 16.1. The Morgan fingerprint density at radius 2 is 1.47 bits per heavy atom. The zero-order valence-corrected chi connectivity index (χ0v) is 22.3. The fraction of sp³-hybridized carbons (Fsp3) is 0.500. The molecule has 0 bridgehead atoms. The van der Waals surface area contributed by atoms with Gasteiger partial charge in [-0.1, -0.05) is 107 Å². The van der Waals surface area contributed by atoms with Crippen LogP contribution in [0.4, 0.5) is 0 Å². The van der Waals surface area contributed by atoms with Gasteiger partial charge in [0.1, 0.15) is 5.82 Å². The van der Waals surface area contributed by atoms with Crippen molar-refractivity contribution < 1.29 is 4.79 Å². The molecule has 0 atom stereocenters. The number of rotatable bonds is 18. The van der Waals surface area contributed by atoms with E-state index in [1.54, 1.807) is 6.08 Å². The largest absolute Gasteiger partial charge is 0.353 e. The second kappa shape index (κ2) is 16.7. The Bertz CT molecular complexity index is 1040. The molecule has 3 aromatic rings. The van der Waals surface area contributed by atoms with Crippen molar-refractivity contribution in [1.82, 2.24) is 14.9 Å². The molecule has 0 fully saturated rings. The monoisotopic (exact) mass is 487 g/mol. The fourth-order valence-electron chi connectivity index (χ4n) is 4.74. The van der Waals surface area contributed by atoms with Crippen LogP contribution in [-0.2, 0) is 17.8 Å². The summed E-state index contributed by atoms with van der Waals surface area (Å²) in [6.45, 7) is 4.06. The molecule has 0 saturated carbocycles. The van der Waals surface area contributed by atoms with Gasteiger partial charge in [0.2, 0.25) is 5.91 Å². The van der Waals surface area contributed by atoms with E-state index >= 15 is 0 Å². The van der Waals surface area contributed by atoms with Crippen LogP contribution in [0.25, 0.3) is 17.1 Å². The van der Waals surface area contributed by atoms with E-state index in [2.05, 4.69) is 41.1 Å². The molecule has 0 aliphatic carbocycles. The summed E-state index contributed by atoms with van der Waals surface area (Å²) in [4.78, 5) is 17.0. The first-order valence-electron chi connectivity index (χ1n) is 14.2. The number of hydrogen-bond donors (Lipinski definition) is 1. The fourth-order valence-corrected chi connectivity index (χ4v) is 4.74. The topological polar surface area (TPSA) is 46.9 Å². The summed E-state index contributed by atoms with van der Waals surface area (Å²) in [7, 11) is 0. The van der Waals surface area contributed by atoms with Gasteiger partial charge in [-0.15, -0.1) is 0 Å². The van der Waals surface area contributed by atoms with Crippen molar-refractivity contribution >= 4 is 23.0 Å². The maximum atomic E-state index is 12.0. The van der Waals surface area contributed by atoms with E-state index in [-0.39, 0.29) is 5.91 Å². The Labute approximate surface area is 218 Å². The van der Waals surface area contributed by atoms with Gasteiger partial charge in [-0.05, 0) is 43.0 Å². The lowest BCUT2D eigenvalue weighted by Gasteiger charge is -2.10. The van der Waals surface area contributed by atoms with Crippen LogP contribution in [0.5, 0.6) is 0 Å². The number of nitrogens with zero attached hydrogens (tertiary/aromatic N) is 2. The average molecular weight is 488 g/mol. The van der Waals surface area contributed by atoms with E-state index in [1.807, 2.05) is 36.4 Å². The van der Waals surface area contributed by atoms with E-state index in [0.29, 0.717) is 6.54 Å². The number of hydrogen-bond acceptors (Lipinski definition) is 2. The summed E-state index contributed by atoms with van der Waals surface area (Å²) >= 11 is 0. The molecule has 0 radical (unpaired) electrons. The van der Waals surface area contributed by atoms with Crippen molar-refractivity contribution in [2.24, 2.45) is 0 Å². The summed E-state index contributed by atoms with van der Waals surface area (Å²) in [5, 5.41) is 3.00. The van der Waals surface area contributed by atoms with Crippen LogP contribution in [0.15, 0.2) is 60.7 Å². The van der Waals surface area contributed by atoms with Gasteiger partial charge in [-0.3, -0.25) is 4.79 Å². The molecule has 1 N–H and O–H groups in total. The van der Waals surface area contributed by atoms with Crippen molar-refractivity contribution in [2.75, 3.05) is 6.54 Å². The maximum absolute atomic E-state index is 12.0. The third-order valence-electron chi connectivity index (χ3n) is 6.82. The van der Waals surface area contributed by atoms with Crippen LogP contribution in [0, 0.1) is 0 Å². The van der Waals surface area contributed by atoms with Crippen LogP contribution >= 0.6 is 0 Å². The lowest BCUT2D eigenvalue weighted by atomic mass is 10.1. The molecule has 0 saturated heterocycles. The predicted octanol–water partition coefficient (Wildman–Crippen LogP) is 8.11. The first-order valence-corrected chi connectivity index (χ1v) is 14.2. The number of aryl methyl sites for hydroxylation is 2. The second-order valence-electron chi connectivity index (χ2n) is 9.84. The van der Waals surface area contributed by atoms with E-state index in [1.165, 1.54) is 69.1 Å². The maximum Gasteiger partial charge on any atom is 0.243 e. The Morgan fingerprint density at radius 3 is 2.25 bits per heavy atom. The van der Waals surface area contributed by atoms with Gasteiger partial charge in [0, 0.05) is 25.6 Å². The van der Waals surface area contributed by atoms with E-state index in [4.69, 9.17) is 4.98 Å². The summed E-state index contributed by atoms with van der Waals surface area (Å²) < 4.78 is 2.45. The minimum absolute atomic E-state index is 0.0263. The molecule has 1 amide bonds. The van der Waals surface area contributed by atoms with Crippen LogP contribution in [-0.4, -0.2) is 22.0 Å². The number of para-hydroxylation sites is 2. The molecule has 2 aromatic carbocycles.